The molecule has 0 aliphatic rings. The van der Waals surface area contributed by atoms with Crippen molar-refractivity contribution in [2.45, 2.75) is 27.3 Å². The zero-order valence-electron chi connectivity index (χ0n) is 12.7. The standard InChI is InChI=1S/C16H24ClNO2/c1-5-6-7-20-16-13(11-18-10-12(2)3)8-14(17)9-15(16)19-4/h5-6,8-9,12,18H,7,10-11H2,1-4H3/b6-5+. The summed E-state index contributed by atoms with van der Waals surface area (Å²) in [4.78, 5) is 0. The molecular weight excluding hydrogens is 274 g/mol. The first-order chi connectivity index (χ1) is 9.58. The van der Waals surface area contributed by atoms with E-state index in [1.807, 2.05) is 25.1 Å². The Balaban J connectivity index is 2.89. The summed E-state index contributed by atoms with van der Waals surface area (Å²) >= 11 is 6.13. The van der Waals surface area contributed by atoms with Gasteiger partial charge in [-0.1, -0.05) is 37.6 Å². The number of allylic oxidation sites excluding steroid dienone is 1. The van der Waals surface area contributed by atoms with Crippen LogP contribution in [0.4, 0.5) is 0 Å². The summed E-state index contributed by atoms with van der Waals surface area (Å²) in [5.74, 6) is 2.03. The van der Waals surface area contributed by atoms with Crippen molar-refractivity contribution in [2.24, 2.45) is 5.92 Å². The molecule has 1 aromatic carbocycles. The van der Waals surface area contributed by atoms with Crippen LogP contribution in [0, 0.1) is 5.92 Å². The molecule has 0 spiro atoms. The highest BCUT2D eigenvalue weighted by molar-refractivity contribution is 6.30. The summed E-state index contributed by atoms with van der Waals surface area (Å²) in [5.41, 5.74) is 1.01. The molecule has 1 N–H and O–H groups in total. The van der Waals surface area contributed by atoms with Gasteiger partial charge in [-0.2, -0.15) is 0 Å². The van der Waals surface area contributed by atoms with Crippen LogP contribution in [-0.4, -0.2) is 20.3 Å². The molecule has 0 unspecified atom stereocenters. The van der Waals surface area contributed by atoms with Gasteiger partial charge >= 0.3 is 0 Å². The Kier molecular flexibility index (Phi) is 7.48. The maximum atomic E-state index is 6.13. The number of ether oxygens (including phenoxy) is 2. The van der Waals surface area contributed by atoms with Gasteiger partial charge in [0, 0.05) is 23.2 Å². The average molecular weight is 298 g/mol. The van der Waals surface area contributed by atoms with Crippen molar-refractivity contribution in [1.29, 1.82) is 0 Å². The smallest absolute Gasteiger partial charge is 0.166 e. The second kappa shape index (κ2) is 8.88. The van der Waals surface area contributed by atoms with E-state index >= 15 is 0 Å². The zero-order chi connectivity index (χ0) is 15.0. The van der Waals surface area contributed by atoms with Crippen LogP contribution in [0.15, 0.2) is 24.3 Å². The van der Waals surface area contributed by atoms with E-state index in [0.29, 0.717) is 29.8 Å². The van der Waals surface area contributed by atoms with Crippen molar-refractivity contribution < 1.29 is 9.47 Å². The molecule has 1 aromatic rings. The summed E-state index contributed by atoms with van der Waals surface area (Å²) in [6, 6.07) is 3.70. The van der Waals surface area contributed by atoms with Crippen molar-refractivity contribution in [1.82, 2.24) is 5.32 Å². The van der Waals surface area contributed by atoms with Gasteiger partial charge in [0.15, 0.2) is 11.5 Å². The van der Waals surface area contributed by atoms with Crippen LogP contribution in [-0.2, 0) is 6.54 Å². The molecule has 20 heavy (non-hydrogen) atoms. The lowest BCUT2D eigenvalue weighted by Crippen LogP contribution is -2.19. The first kappa shape index (κ1) is 16.9. The number of nitrogens with one attached hydrogen (secondary N) is 1. The molecule has 1 rings (SSSR count). The van der Waals surface area contributed by atoms with E-state index in [4.69, 9.17) is 21.1 Å². The summed E-state index contributed by atoms with van der Waals surface area (Å²) in [6.07, 6.45) is 3.92. The van der Waals surface area contributed by atoms with Gasteiger partial charge in [0.1, 0.15) is 6.61 Å². The number of methoxy groups -OCH3 is 1. The minimum absolute atomic E-state index is 0.520. The van der Waals surface area contributed by atoms with Gasteiger partial charge in [-0.25, -0.2) is 0 Å². The van der Waals surface area contributed by atoms with Gasteiger partial charge in [-0.05, 0) is 25.5 Å². The minimum Gasteiger partial charge on any atom is -0.493 e. The largest absolute Gasteiger partial charge is 0.493 e. The highest BCUT2D eigenvalue weighted by atomic mass is 35.5. The second-order valence-electron chi connectivity index (χ2n) is 5.00. The second-order valence-corrected chi connectivity index (χ2v) is 5.44. The lowest BCUT2D eigenvalue weighted by molar-refractivity contribution is 0.321. The Morgan fingerprint density at radius 1 is 1.35 bits per heavy atom. The van der Waals surface area contributed by atoms with Gasteiger partial charge in [0.2, 0.25) is 0 Å². The van der Waals surface area contributed by atoms with Crippen LogP contribution in [0.3, 0.4) is 0 Å². The molecule has 0 saturated heterocycles. The normalized spacial score (nSPS) is 11.3. The monoisotopic (exact) mass is 297 g/mol. The van der Waals surface area contributed by atoms with Crippen molar-refractivity contribution >= 4 is 11.6 Å². The van der Waals surface area contributed by atoms with Crippen LogP contribution in [0.25, 0.3) is 0 Å². The highest BCUT2D eigenvalue weighted by Gasteiger charge is 2.12. The van der Waals surface area contributed by atoms with Crippen molar-refractivity contribution in [3.63, 3.8) is 0 Å². The number of hydrogen-bond donors (Lipinski definition) is 1. The van der Waals surface area contributed by atoms with Gasteiger partial charge < -0.3 is 14.8 Å². The van der Waals surface area contributed by atoms with Gasteiger partial charge in [-0.3, -0.25) is 0 Å². The average Bonchev–Trinajstić information content (AvgIpc) is 2.40. The molecule has 4 heteroatoms. The molecule has 3 nitrogen and oxygen atoms in total. The number of hydrogen-bond acceptors (Lipinski definition) is 3. The van der Waals surface area contributed by atoms with Gasteiger partial charge in [-0.15, -0.1) is 0 Å². The van der Waals surface area contributed by atoms with E-state index in [-0.39, 0.29) is 0 Å². The third-order valence-electron chi connectivity index (χ3n) is 2.74. The summed E-state index contributed by atoms with van der Waals surface area (Å²) < 4.78 is 11.2. The molecule has 112 valence electrons. The van der Waals surface area contributed by atoms with Crippen molar-refractivity contribution in [3.05, 3.63) is 34.9 Å². The fraction of sp³-hybridized carbons (Fsp3) is 0.500. The van der Waals surface area contributed by atoms with E-state index in [1.165, 1.54) is 0 Å². The minimum atomic E-state index is 0.520. The van der Waals surface area contributed by atoms with Crippen LogP contribution >= 0.6 is 11.6 Å². The first-order valence-corrected chi connectivity index (χ1v) is 7.27. The number of benzene rings is 1. The predicted octanol–water partition coefficient (Wildman–Crippen LogP) is 4.05. The third kappa shape index (κ3) is 5.43. The number of rotatable bonds is 8. The Morgan fingerprint density at radius 2 is 2.10 bits per heavy atom. The SMILES string of the molecule is C/C=C/COc1c(CNCC(C)C)cc(Cl)cc1OC. The molecule has 0 atom stereocenters. The fourth-order valence-corrected chi connectivity index (χ4v) is 2.02. The Hall–Kier alpha value is -1.19. The van der Waals surface area contributed by atoms with E-state index in [0.717, 1.165) is 17.9 Å². The molecule has 0 heterocycles. The molecule has 0 radical (unpaired) electrons. The van der Waals surface area contributed by atoms with E-state index in [9.17, 15) is 0 Å². The van der Waals surface area contributed by atoms with Gasteiger partial charge in [0.25, 0.3) is 0 Å². The summed E-state index contributed by atoms with van der Waals surface area (Å²) in [7, 11) is 1.62. The van der Waals surface area contributed by atoms with E-state index < -0.39 is 0 Å². The summed E-state index contributed by atoms with van der Waals surface area (Å²) in [6.45, 7) is 8.49. The molecule has 0 bridgehead atoms. The van der Waals surface area contributed by atoms with Gasteiger partial charge in [0.05, 0.1) is 7.11 Å². The Morgan fingerprint density at radius 3 is 2.70 bits per heavy atom. The maximum absolute atomic E-state index is 6.13. The Labute approximate surface area is 126 Å². The quantitative estimate of drug-likeness (QED) is 0.734. The topological polar surface area (TPSA) is 30.5 Å². The van der Waals surface area contributed by atoms with Crippen LogP contribution in [0.1, 0.15) is 26.3 Å². The molecule has 0 aliphatic carbocycles. The predicted molar refractivity (Wildman–Crippen MR) is 84.9 cm³/mol. The lowest BCUT2D eigenvalue weighted by Gasteiger charge is -2.16. The number of halogens is 1. The zero-order valence-corrected chi connectivity index (χ0v) is 13.5. The molecular formula is C16H24ClNO2. The molecule has 0 aromatic heterocycles. The Bertz CT molecular complexity index is 444. The van der Waals surface area contributed by atoms with Crippen LogP contribution in [0.2, 0.25) is 5.02 Å². The molecule has 0 amide bonds. The van der Waals surface area contributed by atoms with Crippen molar-refractivity contribution in [2.75, 3.05) is 20.3 Å². The molecule has 0 fully saturated rings. The van der Waals surface area contributed by atoms with E-state index in [1.54, 1.807) is 13.2 Å². The van der Waals surface area contributed by atoms with Crippen LogP contribution in [0.5, 0.6) is 11.5 Å². The first-order valence-electron chi connectivity index (χ1n) is 6.89. The molecule has 0 aliphatic heterocycles. The summed E-state index contributed by atoms with van der Waals surface area (Å²) in [5, 5.41) is 4.05. The van der Waals surface area contributed by atoms with Crippen LogP contribution < -0.4 is 14.8 Å². The third-order valence-corrected chi connectivity index (χ3v) is 2.96. The van der Waals surface area contributed by atoms with E-state index in [2.05, 4.69) is 19.2 Å². The highest BCUT2D eigenvalue weighted by Crippen LogP contribution is 2.34. The lowest BCUT2D eigenvalue weighted by atomic mass is 10.1. The van der Waals surface area contributed by atoms with Crippen molar-refractivity contribution in [3.8, 4) is 11.5 Å². The molecule has 0 saturated carbocycles. The maximum Gasteiger partial charge on any atom is 0.166 e. The fourth-order valence-electron chi connectivity index (χ4n) is 1.79.